The number of thiophene rings is 1. The van der Waals surface area contributed by atoms with Crippen LogP contribution in [0.5, 0.6) is 0 Å². The third-order valence-electron chi connectivity index (χ3n) is 4.59. The van der Waals surface area contributed by atoms with Gasteiger partial charge in [-0.05, 0) is 63.3 Å². The maximum absolute atomic E-state index is 12.8. The lowest BCUT2D eigenvalue weighted by atomic mass is 9.84. The summed E-state index contributed by atoms with van der Waals surface area (Å²) < 4.78 is 5.30. The van der Waals surface area contributed by atoms with Crippen LogP contribution in [-0.2, 0) is 9.53 Å². The number of ether oxygens (including phenoxy) is 1. The third kappa shape index (κ3) is 6.31. The average molecular weight is 381 g/mol. The Hall–Kier alpha value is -1.56. The molecule has 2 N–H and O–H groups in total. The van der Waals surface area contributed by atoms with Gasteiger partial charge in [0.2, 0.25) is 5.91 Å². The number of nitrogens with one attached hydrogen (secondary N) is 2. The Balaban J connectivity index is 1.93. The number of hydrogen-bond acceptors (Lipinski definition) is 4. The van der Waals surface area contributed by atoms with Crippen molar-refractivity contribution >= 4 is 23.3 Å². The van der Waals surface area contributed by atoms with Crippen molar-refractivity contribution in [1.29, 1.82) is 0 Å². The van der Waals surface area contributed by atoms with E-state index in [9.17, 15) is 9.59 Å². The van der Waals surface area contributed by atoms with Gasteiger partial charge in [0, 0.05) is 10.9 Å². The number of amides is 2. The lowest BCUT2D eigenvalue weighted by Crippen LogP contribution is -2.53. The number of alkyl carbamates (subject to hydrolysis) is 1. The Morgan fingerprint density at radius 1 is 1.27 bits per heavy atom. The van der Waals surface area contributed by atoms with E-state index >= 15 is 0 Å². The molecule has 0 aliphatic heterocycles. The first-order valence-electron chi connectivity index (χ1n) is 9.49. The van der Waals surface area contributed by atoms with Crippen molar-refractivity contribution < 1.29 is 14.3 Å². The van der Waals surface area contributed by atoms with Crippen molar-refractivity contribution in [2.75, 3.05) is 0 Å². The summed E-state index contributed by atoms with van der Waals surface area (Å²) >= 11 is 1.79. The van der Waals surface area contributed by atoms with E-state index in [0.29, 0.717) is 5.92 Å². The molecule has 1 heterocycles. The Labute approximate surface area is 160 Å². The van der Waals surface area contributed by atoms with Gasteiger partial charge in [-0.2, -0.15) is 0 Å². The monoisotopic (exact) mass is 380 g/mol. The Morgan fingerprint density at radius 3 is 2.58 bits per heavy atom. The van der Waals surface area contributed by atoms with E-state index in [1.165, 1.54) is 11.3 Å². The maximum atomic E-state index is 12.8. The van der Waals surface area contributed by atoms with Gasteiger partial charge in [0.15, 0.2) is 0 Å². The number of carbonyl (C=O) groups excluding carboxylic acids is 2. The molecule has 0 bridgehead atoms. The predicted molar refractivity (Wildman–Crippen MR) is 105 cm³/mol. The fourth-order valence-electron chi connectivity index (χ4n) is 3.36. The van der Waals surface area contributed by atoms with Crippen LogP contribution in [0.1, 0.15) is 71.1 Å². The Kier molecular flexibility index (Phi) is 7.09. The molecule has 1 aliphatic rings. The fraction of sp³-hybridized carbons (Fsp3) is 0.700. The molecule has 2 amide bonds. The zero-order valence-corrected chi connectivity index (χ0v) is 17.3. The first kappa shape index (κ1) is 20.7. The van der Waals surface area contributed by atoms with Crippen molar-refractivity contribution in [3.63, 3.8) is 0 Å². The van der Waals surface area contributed by atoms with Gasteiger partial charge in [-0.1, -0.05) is 26.3 Å². The molecule has 1 saturated carbocycles. The average Bonchev–Trinajstić information content (AvgIpc) is 3.05. The molecule has 0 saturated heterocycles. The van der Waals surface area contributed by atoms with Gasteiger partial charge in [0.05, 0.1) is 0 Å². The minimum Gasteiger partial charge on any atom is -0.444 e. The minimum atomic E-state index is -0.591. The highest BCUT2D eigenvalue weighted by Crippen LogP contribution is 2.35. The molecule has 2 unspecified atom stereocenters. The molecule has 0 spiro atoms. The van der Waals surface area contributed by atoms with Gasteiger partial charge in [-0.25, -0.2) is 4.79 Å². The second-order valence-electron chi connectivity index (χ2n) is 8.45. The van der Waals surface area contributed by atoms with Gasteiger partial charge >= 0.3 is 6.09 Å². The summed E-state index contributed by atoms with van der Waals surface area (Å²) in [6.07, 6.45) is 3.69. The van der Waals surface area contributed by atoms with Crippen molar-refractivity contribution in [3.8, 4) is 0 Å². The SMILES string of the molecule is CC(C)[C@@H](NC(=O)OC(C)(C)C)C(=O)NC1CCCC(c2cccs2)C1. The summed E-state index contributed by atoms with van der Waals surface area (Å²) in [5.41, 5.74) is -0.584. The predicted octanol–water partition coefficient (Wildman–Crippen LogP) is 4.44. The van der Waals surface area contributed by atoms with Gasteiger partial charge in [-0.3, -0.25) is 4.79 Å². The van der Waals surface area contributed by atoms with Crippen LogP contribution in [0.4, 0.5) is 4.79 Å². The summed E-state index contributed by atoms with van der Waals surface area (Å²) in [5.74, 6) is 0.382. The van der Waals surface area contributed by atoms with Crippen LogP contribution < -0.4 is 10.6 Å². The summed E-state index contributed by atoms with van der Waals surface area (Å²) in [6.45, 7) is 9.28. The van der Waals surface area contributed by atoms with Gasteiger partial charge < -0.3 is 15.4 Å². The second-order valence-corrected chi connectivity index (χ2v) is 9.43. The van der Waals surface area contributed by atoms with Crippen LogP contribution in [0.15, 0.2) is 17.5 Å². The Bertz CT molecular complexity index is 593. The van der Waals surface area contributed by atoms with Crippen LogP contribution >= 0.6 is 11.3 Å². The van der Waals surface area contributed by atoms with E-state index in [-0.39, 0.29) is 17.9 Å². The van der Waals surface area contributed by atoms with Crippen LogP contribution in [0.3, 0.4) is 0 Å². The van der Waals surface area contributed by atoms with E-state index in [2.05, 4.69) is 28.1 Å². The first-order chi connectivity index (χ1) is 12.2. The zero-order chi connectivity index (χ0) is 19.3. The van der Waals surface area contributed by atoms with Crippen LogP contribution in [0.25, 0.3) is 0 Å². The summed E-state index contributed by atoms with van der Waals surface area (Å²) in [5, 5.41) is 7.99. The lowest BCUT2D eigenvalue weighted by molar-refractivity contribution is -0.125. The van der Waals surface area contributed by atoms with Crippen LogP contribution in [-0.4, -0.2) is 29.7 Å². The smallest absolute Gasteiger partial charge is 0.408 e. The summed E-state index contributed by atoms with van der Waals surface area (Å²) in [6, 6.07) is 3.83. The first-order valence-corrected chi connectivity index (χ1v) is 10.4. The van der Waals surface area contributed by atoms with Gasteiger partial charge in [0.1, 0.15) is 11.6 Å². The van der Waals surface area contributed by atoms with E-state index in [1.54, 1.807) is 11.3 Å². The molecule has 3 atom stereocenters. The van der Waals surface area contributed by atoms with E-state index < -0.39 is 17.7 Å². The lowest BCUT2D eigenvalue weighted by Gasteiger charge is -2.31. The highest BCUT2D eigenvalue weighted by molar-refractivity contribution is 7.10. The fourth-order valence-corrected chi connectivity index (χ4v) is 4.24. The largest absolute Gasteiger partial charge is 0.444 e. The number of hydrogen-bond donors (Lipinski definition) is 2. The third-order valence-corrected chi connectivity index (χ3v) is 5.62. The van der Waals surface area contributed by atoms with Crippen molar-refractivity contribution in [3.05, 3.63) is 22.4 Å². The number of carbonyl (C=O) groups is 2. The van der Waals surface area contributed by atoms with E-state index in [0.717, 1.165) is 19.3 Å². The van der Waals surface area contributed by atoms with E-state index in [1.807, 2.05) is 34.6 Å². The highest BCUT2D eigenvalue weighted by Gasteiger charge is 2.30. The molecule has 1 fully saturated rings. The zero-order valence-electron chi connectivity index (χ0n) is 16.5. The normalized spacial score (nSPS) is 21.9. The maximum Gasteiger partial charge on any atom is 0.408 e. The van der Waals surface area contributed by atoms with Crippen molar-refractivity contribution in [1.82, 2.24) is 10.6 Å². The van der Waals surface area contributed by atoms with Gasteiger partial charge in [0.25, 0.3) is 0 Å². The molecule has 1 aromatic heterocycles. The molecule has 146 valence electrons. The summed E-state index contributed by atoms with van der Waals surface area (Å²) in [7, 11) is 0. The van der Waals surface area contributed by atoms with Crippen LogP contribution in [0.2, 0.25) is 0 Å². The van der Waals surface area contributed by atoms with Crippen LogP contribution in [0, 0.1) is 5.92 Å². The van der Waals surface area contributed by atoms with Crippen molar-refractivity contribution in [2.45, 2.75) is 83.9 Å². The molecule has 1 aromatic rings. The van der Waals surface area contributed by atoms with Gasteiger partial charge in [-0.15, -0.1) is 11.3 Å². The molecule has 5 nitrogen and oxygen atoms in total. The summed E-state index contributed by atoms with van der Waals surface area (Å²) in [4.78, 5) is 26.2. The second kappa shape index (κ2) is 8.89. The van der Waals surface area contributed by atoms with Crippen molar-refractivity contribution in [2.24, 2.45) is 5.92 Å². The molecule has 0 aromatic carbocycles. The quantitative estimate of drug-likeness (QED) is 0.793. The molecule has 2 rings (SSSR count). The minimum absolute atomic E-state index is 0.0146. The molecule has 26 heavy (non-hydrogen) atoms. The standard InChI is InChI=1S/C20H32N2O3S/c1-13(2)17(22-19(24)25-20(3,4)5)18(23)21-15-9-6-8-14(12-15)16-10-7-11-26-16/h7,10-11,13-15,17H,6,8-9,12H2,1-5H3,(H,21,23)(H,22,24)/t14?,15?,17-/m1/s1. The molecular formula is C20H32N2O3S. The molecule has 0 radical (unpaired) electrons. The topological polar surface area (TPSA) is 67.4 Å². The molecule has 6 heteroatoms. The van der Waals surface area contributed by atoms with E-state index in [4.69, 9.17) is 4.74 Å². The molecule has 1 aliphatic carbocycles. The Morgan fingerprint density at radius 2 is 2.00 bits per heavy atom. The number of rotatable bonds is 5. The highest BCUT2D eigenvalue weighted by atomic mass is 32.1. The molecular weight excluding hydrogens is 348 g/mol.